The van der Waals surface area contributed by atoms with E-state index >= 15 is 0 Å². The van der Waals surface area contributed by atoms with Gasteiger partial charge in [-0.1, -0.05) is 6.92 Å². The lowest BCUT2D eigenvalue weighted by Gasteiger charge is -2.24. The zero-order chi connectivity index (χ0) is 9.54. The largest absolute Gasteiger partial charge is 0.312 e. The average Bonchev–Trinajstić information content (AvgIpc) is 3.01. The molecule has 2 nitrogen and oxygen atoms in total. The third kappa shape index (κ3) is 1.82. The zero-order valence-electron chi connectivity index (χ0n) is 9.21. The van der Waals surface area contributed by atoms with E-state index in [1.807, 2.05) is 0 Å². The minimum atomic E-state index is 0.824. The predicted octanol–water partition coefficient (Wildman–Crippen LogP) is 1.47. The molecule has 2 aliphatic carbocycles. The second-order valence-electron chi connectivity index (χ2n) is 5.53. The maximum atomic E-state index is 3.73. The van der Waals surface area contributed by atoms with Crippen LogP contribution >= 0.6 is 0 Å². The summed E-state index contributed by atoms with van der Waals surface area (Å²) in [6.45, 7) is 6.32. The molecule has 0 bridgehead atoms. The molecule has 3 atom stereocenters. The van der Waals surface area contributed by atoms with Crippen molar-refractivity contribution in [2.24, 2.45) is 11.8 Å². The van der Waals surface area contributed by atoms with Crippen molar-refractivity contribution in [1.82, 2.24) is 10.2 Å². The van der Waals surface area contributed by atoms with Crippen LogP contribution in [0.3, 0.4) is 0 Å². The van der Waals surface area contributed by atoms with Gasteiger partial charge in [-0.2, -0.15) is 0 Å². The lowest BCUT2D eigenvalue weighted by molar-refractivity contribution is 0.240. The van der Waals surface area contributed by atoms with E-state index in [4.69, 9.17) is 0 Å². The van der Waals surface area contributed by atoms with Crippen LogP contribution in [0.25, 0.3) is 0 Å². The number of rotatable bonds is 2. The Kier molecular flexibility index (Phi) is 2.29. The second kappa shape index (κ2) is 3.49. The normalized spacial score (nSPS) is 44.8. The van der Waals surface area contributed by atoms with Gasteiger partial charge in [0.25, 0.3) is 0 Å². The third-order valence-electron chi connectivity index (χ3n) is 4.19. The third-order valence-corrected chi connectivity index (χ3v) is 4.19. The van der Waals surface area contributed by atoms with Crippen LogP contribution in [0.1, 0.15) is 32.6 Å². The summed E-state index contributed by atoms with van der Waals surface area (Å²) in [5.74, 6) is 2.00. The molecule has 3 unspecified atom stereocenters. The SMILES string of the molecule is CC1CC1N1CCCNC(C2CC2)C1. The lowest BCUT2D eigenvalue weighted by Crippen LogP contribution is -2.40. The first kappa shape index (κ1) is 9.17. The van der Waals surface area contributed by atoms with E-state index in [1.54, 1.807) is 0 Å². The van der Waals surface area contributed by atoms with Gasteiger partial charge in [0.2, 0.25) is 0 Å². The van der Waals surface area contributed by atoms with Crippen LogP contribution in [0, 0.1) is 11.8 Å². The molecule has 3 rings (SSSR count). The molecule has 1 saturated heterocycles. The molecule has 3 aliphatic rings. The monoisotopic (exact) mass is 194 g/mol. The van der Waals surface area contributed by atoms with Crippen LogP contribution in [0.15, 0.2) is 0 Å². The number of nitrogens with zero attached hydrogens (tertiary/aromatic N) is 1. The molecule has 14 heavy (non-hydrogen) atoms. The molecular formula is C12H22N2. The molecule has 1 N–H and O–H groups in total. The highest BCUT2D eigenvalue weighted by molar-refractivity contribution is 4.97. The van der Waals surface area contributed by atoms with E-state index in [0.717, 1.165) is 23.9 Å². The number of hydrogen-bond donors (Lipinski definition) is 1. The summed E-state index contributed by atoms with van der Waals surface area (Å²) in [6, 6.07) is 1.77. The molecule has 1 aliphatic heterocycles. The first-order chi connectivity index (χ1) is 6.84. The number of hydrogen-bond acceptors (Lipinski definition) is 2. The van der Waals surface area contributed by atoms with E-state index in [-0.39, 0.29) is 0 Å². The van der Waals surface area contributed by atoms with Gasteiger partial charge in [-0.25, -0.2) is 0 Å². The molecule has 0 amide bonds. The second-order valence-corrected chi connectivity index (χ2v) is 5.53. The minimum Gasteiger partial charge on any atom is -0.312 e. The minimum absolute atomic E-state index is 0.824. The first-order valence-electron chi connectivity index (χ1n) is 6.32. The molecular weight excluding hydrogens is 172 g/mol. The summed E-state index contributed by atoms with van der Waals surface area (Å²) in [6.07, 6.45) is 5.77. The van der Waals surface area contributed by atoms with Crippen LogP contribution in [0.5, 0.6) is 0 Å². The van der Waals surface area contributed by atoms with Gasteiger partial charge in [-0.05, 0) is 50.6 Å². The van der Waals surface area contributed by atoms with Gasteiger partial charge in [0.1, 0.15) is 0 Å². The van der Waals surface area contributed by atoms with Crippen LogP contribution in [0.2, 0.25) is 0 Å². The maximum absolute atomic E-state index is 3.73. The highest BCUT2D eigenvalue weighted by atomic mass is 15.2. The highest BCUT2D eigenvalue weighted by Crippen LogP contribution is 2.38. The van der Waals surface area contributed by atoms with Gasteiger partial charge in [0.15, 0.2) is 0 Å². The Hall–Kier alpha value is -0.0800. The van der Waals surface area contributed by atoms with Crippen molar-refractivity contribution in [1.29, 1.82) is 0 Å². The topological polar surface area (TPSA) is 15.3 Å². The summed E-state index contributed by atoms with van der Waals surface area (Å²) in [4.78, 5) is 2.76. The molecule has 1 heterocycles. The van der Waals surface area contributed by atoms with Crippen molar-refractivity contribution in [3.63, 3.8) is 0 Å². The summed E-state index contributed by atoms with van der Waals surface area (Å²) in [5.41, 5.74) is 0. The van der Waals surface area contributed by atoms with Gasteiger partial charge in [-0.3, -0.25) is 4.90 Å². The summed E-state index contributed by atoms with van der Waals surface area (Å²) >= 11 is 0. The quantitative estimate of drug-likeness (QED) is 0.716. The van der Waals surface area contributed by atoms with E-state index < -0.39 is 0 Å². The smallest absolute Gasteiger partial charge is 0.0223 e. The fraction of sp³-hybridized carbons (Fsp3) is 1.00. The molecule has 2 saturated carbocycles. The zero-order valence-corrected chi connectivity index (χ0v) is 9.21. The molecule has 0 radical (unpaired) electrons. The highest BCUT2D eigenvalue weighted by Gasteiger charge is 2.41. The average molecular weight is 194 g/mol. The molecule has 3 fully saturated rings. The Morgan fingerprint density at radius 3 is 2.71 bits per heavy atom. The molecule has 0 aromatic rings. The van der Waals surface area contributed by atoms with Crippen LogP contribution in [-0.2, 0) is 0 Å². The Bertz CT molecular complexity index is 212. The van der Waals surface area contributed by atoms with E-state index in [2.05, 4.69) is 17.1 Å². The molecule has 2 heteroatoms. The number of nitrogens with one attached hydrogen (secondary N) is 1. The van der Waals surface area contributed by atoms with E-state index in [9.17, 15) is 0 Å². The summed E-state index contributed by atoms with van der Waals surface area (Å²) in [7, 11) is 0. The van der Waals surface area contributed by atoms with Crippen LogP contribution in [0.4, 0.5) is 0 Å². The Morgan fingerprint density at radius 1 is 1.29 bits per heavy atom. The van der Waals surface area contributed by atoms with Crippen molar-refractivity contribution in [2.75, 3.05) is 19.6 Å². The van der Waals surface area contributed by atoms with Gasteiger partial charge < -0.3 is 5.32 Å². The molecule has 0 aromatic heterocycles. The van der Waals surface area contributed by atoms with Crippen LogP contribution in [-0.4, -0.2) is 36.6 Å². The van der Waals surface area contributed by atoms with Crippen molar-refractivity contribution < 1.29 is 0 Å². The van der Waals surface area contributed by atoms with E-state index in [1.165, 1.54) is 45.3 Å². The fourth-order valence-corrected chi connectivity index (χ4v) is 2.90. The predicted molar refractivity (Wildman–Crippen MR) is 58.3 cm³/mol. The molecule has 80 valence electrons. The standard InChI is InChI=1S/C12H22N2/c1-9-7-12(9)14-6-2-5-13-11(8-14)10-3-4-10/h9-13H,2-8H2,1H3. The Morgan fingerprint density at radius 2 is 2.07 bits per heavy atom. The summed E-state index contributed by atoms with van der Waals surface area (Å²) < 4.78 is 0. The van der Waals surface area contributed by atoms with Crippen molar-refractivity contribution >= 4 is 0 Å². The Balaban J connectivity index is 1.60. The van der Waals surface area contributed by atoms with Gasteiger partial charge in [-0.15, -0.1) is 0 Å². The van der Waals surface area contributed by atoms with Crippen molar-refractivity contribution in [3.05, 3.63) is 0 Å². The fourth-order valence-electron chi connectivity index (χ4n) is 2.90. The van der Waals surface area contributed by atoms with Gasteiger partial charge in [0, 0.05) is 18.6 Å². The van der Waals surface area contributed by atoms with Crippen molar-refractivity contribution in [2.45, 2.75) is 44.7 Å². The van der Waals surface area contributed by atoms with Crippen molar-refractivity contribution in [3.8, 4) is 0 Å². The maximum Gasteiger partial charge on any atom is 0.0223 e. The van der Waals surface area contributed by atoms with E-state index in [0.29, 0.717) is 0 Å². The summed E-state index contributed by atoms with van der Waals surface area (Å²) in [5, 5.41) is 3.73. The molecule has 0 aromatic carbocycles. The van der Waals surface area contributed by atoms with Crippen LogP contribution < -0.4 is 5.32 Å². The van der Waals surface area contributed by atoms with Gasteiger partial charge in [0.05, 0.1) is 0 Å². The first-order valence-corrected chi connectivity index (χ1v) is 6.32. The molecule has 0 spiro atoms. The Labute approximate surface area is 87.0 Å². The lowest BCUT2D eigenvalue weighted by atomic mass is 10.2. The van der Waals surface area contributed by atoms with Gasteiger partial charge >= 0.3 is 0 Å².